The second-order valence-corrected chi connectivity index (χ2v) is 11.2. The van der Waals surface area contributed by atoms with Gasteiger partial charge in [-0.2, -0.15) is 23.1 Å². The summed E-state index contributed by atoms with van der Waals surface area (Å²) in [4.78, 5) is 56.1. The Morgan fingerprint density at radius 1 is 1.03 bits per heavy atom. The number of Topliss-reactive ketones (excluding diaryl/α,β-unsaturated/α-hetero) is 1. The Hall–Kier alpha value is -3.63. The van der Waals surface area contributed by atoms with E-state index in [1.54, 1.807) is 57.3 Å². The molecular weight excluding hydrogens is 520 g/mol. The average Bonchev–Trinajstić information content (AvgIpc) is 3.68. The van der Waals surface area contributed by atoms with E-state index in [9.17, 15) is 19.2 Å². The van der Waals surface area contributed by atoms with Crippen LogP contribution in [-0.4, -0.2) is 70.3 Å². The van der Waals surface area contributed by atoms with Crippen molar-refractivity contribution >= 4 is 52.3 Å². The number of hydrogen-bond donors (Lipinski definition) is 2. The number of amides is 3. The highest BCUT2D eigenvalue weighted by Gasteiger charge is 2.52. The Morgan fingerprint density at radius 2 is 1.79 bits per heavy atom. The van der Waals surface area contributed by atoms with E-state index in [0.29, 0.717) is 41.3 Å². The molecule has 0 spiro atoms. The van der Waals surface area contributed by atoms with E-state index in [0.717, 1.165) is 5.56 Å². The second kappa shape index (κ2) is 11.4. The lowest BCUT2D eigenvalue weighted by atomic mass is 10.1. The number of benzene rings is 2. The van der Waals surface area contributed by atoms with Gasteiger partial charge in [0.1, 0.15) is 12.1 Å². The predicted octanol–water partition coefficient (Wildman–Crippen LogP) is 3.06. The van der Waals surface area contributed by atoms with E-state index in [1.165, 1.54) is 11.3 Å². The van der Waals surface area contributed by atoms with Crippen LogP contribution < -0.4 is 11.1 Å². The van der Waals surface area contributed by atoms with Crippen molar-refractivity contribution in [3.05, 3.63) is 88.1 Å². The normalized spacial score (nSPS) is 19.3. The maximum absolute atomic E-state index is 13.8. The molecule has 0 radical (unpaired) electrons. The largest absolute Gasteiger partial charge is 0.399 e. The number of anilines is 1. The van der Waals surface area contributed by atoms with Crippen LogP contribution in [0, 0.1) is 0 Å². The van der Waals surface area contributed by atoms with E-state index in [2.05, 4.69) is 5.32 Å². The van der Waals surface area contributed by atoms with Crippen molar-refractivity contribution in [2.45, 2.75) is 30.3 Å². The number of nitrogens with zero attached hydrogens (tertiary/aromatic N) is 2. The molecule has 0 bridgehead atoms. The van der Waals surface area contributed by atoms with Crippen LogP contribution in [-0.2, 0) is 15.3 Å². The molecule has 2 aliphatic heterocycles. The molecule has 5 rings (SSSR count). The van der Waals surface area contributed by atoms with Gasteiger partial charge < -0.3 is 20.9 Å². The van der Waals surface area contributed by atoms with Crippen LogP contribution in [0.4, 0.5) is 5.69 Å². The number of ketones is 1. The standard InChI is InChI=1S/C28H28N4O4S2/c29-21-8-6-19(7-9-21)27(35)32-14-24(33)25-23(32)10-12-31(25)28(36)22(30-26(34)20-11-13-37-16-20)17-38-15-18-4-2-1-3-5-18/h1-9,11,13,16,22-23,25H,10,12,14-15,17,29H2,(H,30,34)/t22-,23+,25-/m0/s1. The fraction of sp³-hybridized carbons (Fsp3) is 0.286. The molecule has 2 saturated heterocycles. The van der Waals surface area contributed by atoms with E-state index in [-0.39, 0.29) is 36.1 Å². The van der Waals surface area contributed by atoms with E-state index in [1.807, 2.05) is 35.7 Å². The Labute approximate surface area is 229 Å². The average molecular weight is 549 g/mol. The van der Waals surface area contributed by atoms with Crippen molar-refractivity contribution in [2.24, 2.45) is 0 Å². The van der Waals surface area contributed by atoms with E-state index in [4.69, 9.17) is 5.73 Å². The van der Waals surface area contributed by atoms with Gasteiger partial charge in [0.05, 0.1) is 18.2 Å². The third kappa shape index (κ3) is 5.46. The molecule has 38 heavy (non-hydrogen) atoms. The van der Waals surface area contributed by atoms with Gasteiger partial charge in [0.2, 0.25) is 5.91 Å². The van der Waals surface area contributed by atoms with Gasteiger partial charge in [-0.15, -0.1) is 0 Å². The third-order valence-electron chi connectivity index (χ3n) is 6.91. The zero-order chi connectivity index (χ0) is 26.6. The Kier molecular flexibility index (Phi) is 7.80. The molecule has 3 N–H and O–H groups in total. The predicted molar refractivity (Wildman–Crippen MR) is 149 cm³/mol. The smallest absolute Gasteiger partial charge is 0.254 e. The molecule has 2 aliphatic rings. The minimum atomic E-state index is -0.801. The number of fused-ring (bicyclic) bond motifs is 1. The topological polar surface area (TPSA) is 113 Å². The second-order valence-electron chi connectivity index (χ2n) is 9.39. The maximum atomic E-state index is 13.8. The number of thioether (sulfide) groups is 1. The summed E-state index contributed by atoms with van der Waals surface area (Å²) < 4.78 is 0. The zero-order valence-corrected chi connectivity index (χ0v) is 22.3. The molecule has 1 aromatic heterocycles. The number of nitrogens with one attached hydrogen (secondary N) is 1. The summed E-state index contributed by atoms with van der Waals surface area (Å²) in [5.41, 5.74) is 8.37. The van der Waals surface area contributed by atoms with Crippen LogP contribution in [0.25, 0.3) is 0 Å². The van der Waals surface area contributed by atoms with Gasteiger partial charge in [-0.1, -0.05) is 30.3 Å². The first-order chi connectivity index (χ1) is 18.4. The first kappa shape index (κ1) is 26.0. The lowest BCUT2D eigenvalue weighted by Crippen LogP contribution is -2.53. The Balaban J connectivity index is 1.31. The summed E-state index contributed by atoms with van der Waals surface area (Å²) >= 11 is 2.96. The quantitative estimate of drug-likeness (QED) is 0.419. The third-order valence-corrected chi connectivity index (χ3v) is 8.70. The van der Waals surface area contributed by atoms with Crippen molar-refractivity contribution in [3.8, 4) is 0 Å². The molecule has 2 aromatic carbocycles. The van der Waals surface area contributed by atoms with Crippen LogP contribution in [0.5, 0.6) is 0 Å². The lowest BCUT2D eigenvalue weighted by Gasteiger charge is -2.28. The molecule has 3 amide bonds. The number of likely N-dealkylation sites (tertiary alicyclic amines) is 2. The number of thiophene rings is 1. The molecule has 2 fully saturated rings. The molecule has 0 unspecified atom stereocenters. The van der Waals surface area contributed by atoms with E-state index >= 15 is 0 Å². The zero-order valence-electron chi connectivity index (χ0n) is 20.6. The van der Waals surface area contributed by atoms with Gasteiger partial charge in [-0.25, -0.2) is 0 Å². The summed E-state index contributed by atoms with van der Waals surface area (Å²) in [6.07, 6.45) is 0.505. The van der Waals surface area contributed by atoms with Crippen LogP contribution in [0.15, 0.2) is 71.4 Å². The fourth-order valence-corrected chi connectivity index (χ4v) is 6.65. The number of rotatable bonds is 8. The number of hydrogen-bond acceptors (Lipinski definition) is 7. The van der Waals surface area contributed by atoms with Crippen LogP contribution in [0.3, 0.4) is 0 Å². The van der Waals surface area contributed by atoms with Gasteiger partial charge >= 0.3 is 0 Å². The first-order valence-electron chi connectivity index (χ1n) is 12.4. The molecule has 0 aliphatic carbocycles. The summed E-state index contributed by atoms with van der Waals surface area (Å²) in [5.74, 6) is 0.0220. The summed E-state index contributed by atoms with van der Waals surface area (Å²) in [6, 6.07) is 16.3. The van der Waals surface area contributed by atoms with Crippen molar-refractivity contribution in [3.63, 3.8) is 0 Å². The Morgan fingerprint density at radius 3 is 2.50 bits per heavy atom. The number of carbonyl (C=O) groups is 4. The van der Waals surface area contributed by atoms with Crippen molar-refractivity contribution in [2.75, 3.05) is 24.6 Å². The summed E-state index contributed by atoms with van der Waals surface area (Å²) in [7, 11) is 0. The van der Waals surface area contributed by atoms with Crippen molar-refractivity contribution in [1.82, 2.24) is 15.1 Å². The van der Waals surface area contributed by atoms with Crippen LogP contribution in [0.2, 0.25) is 0 Å². The highest BCUT2D eigenvalue weighted by Crippen LogP contribution is 2.32. The van der Waals surface area contributed by atoms with Gasteiger partial charge in [-0.05, 0) is 47.7 Å². The minimum absolute atomic E-state index is 0.0446. The maximum Gasteiger partial charge on any atom is 0.254 e. The molecule has 0 saturated carbocycles. The number of carbonyl (C=O) groups excluding carboxylic acids is 4. The van der Waals surface area contributed by atoms with E-state index < -0.39 is 12.1 Å². The minimum Gasteiger partial charge on any atom is -0.399 e. The number of nitrogens with two attached hydrogens (primary N) is 1. The molecule has 8 nitrogen and oxygen atoms in total. The molecule has 3 aromatic rings. The Bertz CT molecular complexity index is 1310. The summed E-state index contributed by atoms with van der Waals surface area (Å²) in [6.45, 7) is 0.302. The van der Waals surface area contributed by atoms with Gasteiger partial charge in [0.15, 0.2) is 5.78 Å². The SMILES string of the molecule is Nc1ccc(C(=O)N2CC(=O)[C@@H]3[C@H]2CCN3C(=O)[C@H](CSCc2ccccc2)NC(=O)c2ccsc2)cc1. The fourth-order valence-electron chi connectivity index (χ4n) is 5.01. The molecule has 196 valence electrons. The van der Waals surface area contributed by atoms with Gasteiger partial charge in [0, 0.05) is 34.7 Å². The van der Waals surface area contributed by atoms with Crippen molar-refractivity contribution < 1.29 is 19.2 Å². The lowest BCUT2D eigenvalue weighted by molar-refractivity contribution is -0.137. The number of nitrogen functional groups attached to an aromatic ring is 1. The van der Waals surface area contributed by atoms with Crippen LogP contribution in [0.1, 0.15) is 32.7 Å². The van der Waals surface area contributed by atoms with Gasteiger partial charge in [-0.3, -0.25) is 19.2 Å². The van der Waals surface area contributed by atoms with Crippen molar-refractivity contribution in [1.29, 1.82) is 0 Å². The molecule has 3 heterocycles. The first-order valence-corrected chi connectivity index (χ1v) is 14.5. The molecule has 3 atom stereocenters. The molecule has 10 heteroatoms. The van der Waals surface area contributed by atoms with Gasteiger partial charge in [0.25, 0.3) is 11.8 Å². The molecular formula is C28H28N4O4S2. The monoisotopic (exact) mass is 548 g/mol. The highest BCUT2D eigenvalue weighted by molar-refractivity contribution is 7.98. The van der Waals surface area contributed by atoms with Crippen LogP contribution >= 0.6 is 23.1 Å². The highest BCUT2D eigenvalue weighted by atomic mass is 32.2. The summed E-state index contributed by atoms with van der Waals surface area (Å²) in [5, 5.41) is 6.44.